The van der Waals surface area contributed by atoms with Gasteiger partial charge in [-0.25, -0.2) is 15.0 Å². The number of ether oxygens (including phenoxy) is 3. The lowest BCUT2D eigenvalue weighted by atomic mass is 9.94. The molecule has 1 aliphatic carbocycles. The lowest BCUT2D eigenvalue weighted by Crippen LogP contribution is -2.99. The number of benzene rings is 1. The van der Waals surface area contributed by atoms with Gasteiger partial charge in [0.15, 0.2) is 0 Å². The van der Waals surface area contributed by atoms with Crippen LogP contribution < -0.4 is 15.5 Å². The van der Waals surface area contributed by atoms with Crippen LogP contribution in [0.15, 0.2) is 70.0 Å². The first-order valence-electron chi connectivity index (χ1n) is 16.8. The van der Waals surface area contributed by atoms with E-state index in [9.17, 15) is 5.26 Å². The van der Waals surface area contributed by atoms with Gasteiger partial charge in [-0.05, 0) is 43.5 Å². The number of aryl methyl sites for hydroxylation is 1. The number of rotatable bonds is 15. The minimum absolute atomic E-state index is 0.176. The van der Waals surface area contributed by atoms with Gasteiger partial charge in [-0.3, -0.25) is 25.5 Å². The number of nitrogens with two attached hydrogens (primary N) is 1. The van der Waals surface area contributed by atoms with E-state index in [1.54, 1.807) is 61.6 Å². The summed E-state index contributed by atoms with van der Waals surface area (Å²) in [6.07, 6.45) is 11.2. The first-order chi connectivity index (χ1) is 24.9. The summed E-state index contributed by atoms with van der Waals surface area (Å²) >= 11 is 0. The van der Waals surface area contributed by atoms with Gasteiger partial charge in [-0.1, -0.05) is 11.3 Å². The van der Waals surface area contributed by atoms with Crippen molar-refractivity contribution in [3.63, 3.8) is 0 Å². The van der Waals surface area contributed by atoms with Crippen molar-refractivity contribution >= 4 is 23.9 Å². The number of aromatic nitrogens is 4. The highest BCUT2D eigenvalue weighted by molar-refractivity contribution is 5.96. The van der Waals surface area contributed by atoms with Gasteiger partial charge in [-0.2, -0.15) is 20.9 Å². The van der Waals surface area contributed by atoms with Gasteiger partial charge < -0.3 is 19.5 Å². The molecule has 2 aromatic heterocycles. The number of hydrogen-bond acceptors (Lipinski definition) is 14. The van der Waals surface area contributed by atoms with Gasteiger partial charge in [-0.15, -0.1) is 0 Å². The van der Waals surface area contributed by atoms with Crippen molar-refractivity contribution in [2.75, 3.05) is 45.2 Å². The largest absolute Gasteiger partial charge is 0.487 e. The summed E-state index contributed by atoms with van der Waals surface area (Å²) < 4.78 is 19.4. The Morgan fingerprint density at radius 1 is 1.22 bits per heavy atom. The van der Waals surface area contributed by atoms with Crippen LogP contribution in [0.3, 0.4) is 0 Å². The molecular weight excluding hydrogens is 652 g/mol. The molecule has 51 heavy (non-hydrogen) atoms. The number of anilines is 1. The lowest BCUT2D eigenvalue weighted by Gasteiger charge is -2.30. The van der Waals surface area contributed by atoms with Gasteiger partial charge in [0.05, 0.1) is 50.3 Å². The molecule has 1 aliphatic heterocycles. The highest BCUT2D eigenvalue weighted by atomic mass is 16.5. The summed E-state index contributed by atoms with van der Waals surface area (Å²) in [5, 5.41) is 31.3. The number of nitrogens with zero attached hydrogens (tertiary/aromatic N) is 10. The Kier molecular flexibility index (Phi) is 13.3. The highest BCUT2D eigenvalue weighted by Gasteiger charge is 2.24. The average Bonchev–Trinajstić information content (AvgIpc) is 3.58. The zero-order chi connectivity index (χ0) is 36.0. The van der Waals surface area contributed by atoms with Crippen LogP contribution in [0.25, 0.3) is 11.1 Å². The molecule has 0 unspecified atom stereocenters. The molecule has 2 fully saturated rings. The smallest absolute Gasteiger partial charge is 0.234 e. The zero-order valence-electron chi connectivity index (χ0n) is 29.2. The molecule has 268 valence electrons. The standard InChI is InChI=1S/C34H44N14O3/c1-24(21-48(23-36)45-37)51-32-16-25(4-5-26(32)17-35)27-18-40-34(41-19-27)43-31(33(38-2)50-22-30-10-11-42-46(30)3)20-39-28-6-8-29(9-7-28)44-47-12-14-49-15-13-47/h4-5,10-11,16,18-20,23-24,29,36-37,44H,6-9,12-15,21-22H2,1-3H3,(H,40,41,43)/p+1/b31-20+,36-23?,38-33?,39-28?,45-37?/t24-,29?/m0/s1. The molecule has 0 bridgehead atoms. The summed E-state index contributed by atoms with van der Waals surface area (Å²) in [6, 6.07) is 9.79. The van der Waals surface area contributed by atoms with Gasteiger partial charge in [0.2, 0.25) is 11.8 Å². The molecule has 0 radical (unpaired) electrons. The topological polar surface area (TPSA) is 215 Å². The molecule has 2 aliphatic rings. The third-order valence-electron chi connectivity index (χ3n) is 8.55. The molecule has 1 saturated carbocycles. The highest BCUT2D eigenvalue weighted by Crippen LogP contribution is 2.28. The van der Waals surface area contributed by atoms with Crippen LogP contribution in [0.5, 0.6) is 5.75 Å². The molecule has 1 aromatic carbocycles. The maximum absolute atomic E-state index is 9.65. The summed E-state index contributed by atoms with van der Waals surface area (Å²) in [5.41, 5.74) is 13.9. The van der Waals surface area contributed by atoms with Crippen LogP contribution in [0.1, 0.15) is 43.9 Å². The summed E-state index contributed by atoms with van der Waals surface area (Å²) in [4.78, 5) is 18.4. The Bertz CT molecular complexity index is 1740. The third kappa shape index (κ3) is 10.5. The molecule has 17 heteroatoms. The molecule has 0 spiro atoms. The monoisotopic (exact) mass is 697 g/mol. The van der Waals surface area contributed by atoms with Crippen LogP contribution >= 0.6 is 0 Å². The molecule has 5 rings (SSSR count). The fraction of sp³-hybridized carbons (Fsp3) is 0.441. The van der Waals surface area contributed by atoms with Crippen molar-refractivity contribution in [3.8, 4) is 22.9 Å². The Hall–Kier alpha value is -5.57. The average molecular weight is 698 g/mol. The van der Waals surface area contributed by atoms with E-state index in [0.717, 1.165) is 80.3 Å². The SMILES string of the molecule is CN=C(OCc1ccnn1C)/C(=C\N=C1CCC([NH2+]N2CCOCC2)CC1)Nc1ncc(-c2ccc(C#N)c(O[C@@H](C)CN(C=N)N=N)c2)cn1. The number of quaternary nitrogens is 1. The minimum atomic E-state index is -0.447. The normalized spacial score (nSPS) is 17.6. The molecule has 5 N–H and O–H groups in total. The maximum atomic E-state index is 9.65. The summed E-state index contributed by atoms with van der Waals surface area (Å²) in [5.74, 6) is 1.04. The van der Waals surface area contributed by atoms with Crippen LogP contribution in [0, 0.1) is 22.3 Å². The van der Waals surface area contributed by atoms with E-state index in [1.165, 1.54) is 0 Å². The fourth-order valence-electron chi connectivity index (χ4n) is 5.71. The van der Waals surface area contributed by atoms with Crippen LogP contribution in [-0.2, 0) is 23.1 Å². The third-order valence-corrected chi connectivity index (χ3v) is 8.55. The molecule has 17 nitrogen and oxygen atoms in total. The van der Waals surface area contributed by atoms with E-state index < -0.39 is 6.10 Å². The Morgan fingerprint density at radius 2 is 1.98 bits per heavy atom. The molecular formula is C34H45N14O3+. The van der Waals surface area contributed by atoms with Gasteiger partial charge in [0.1, 0.15) is 42.6 Å². The van der Waals surface area contributed by atoms with Crippen LogP contribution in [0.4, 0.5) is 5.95 Å². The second-order valence-electron chi connectivity index (χ2n) is 12.2. The first-order valence-corrected chi connectivity index (χ1v) is 16.8. The Balaban J connectivity index is 1.30. The van der Waals surface area contributed by atoms with Crippen molar-refractivity contribution in [1.82, 2.24) is 29.8 Å². The number of morpholine rings is 1. The van der Waals surface area contributed by atoms with Gasteiger partial charge in [0.25, 0.3) is 0 Å². The van der Waals surface area contributed by atoms with Crippen molar-refractivity contribution in [3.05, 3.63) is 66.0 Å². The first kappa shape index (κ1) is 36.7. The lowest BCUT2D eigenvalue weighted by molar-refractivity contribution is -0.833. The van der Waals surface area contributed by atoms with E-state index in [-0.39, 0.29) is 13.2 Å². The Morgan fingerprint density at radius 3 is 2.63 bits per heavy atom. The van der Waals surface area contributed by atoms with Gasteiger partial charge in [0, 0.05) is 56.8 Å². The number of hydrogen-bond donors (Lipinski definition) is 4. The maximum Gasteiger partial charge on any atom is 0.234 e. The molecule has 3 aromatic rings. The summed E-state index contributed by atoms with van der Waals surface area (Å²) in [6.45, 7) is 5.70. The fourth-order valence-corrected chi connectivity index (χ4v) is 5.71. The van der Waals surface area contributed by atoms with Crippen molar-refractivity contribution in [2.24, 2.45) is 22.3 Å². The van der Waals surface area contributed by atoms with Crippen LogP contribution in [-0.4, -0.2) is 99.8 Å². The number of nitriles is 1. The number of nitrogens with one attached hydrogen (secondary N) is 3. The predicted octanol–water partition coefficient (Wildman–Crippen LogP) is 3.06. The number of aliphatic imine (C=N–C) groups is 2. The van der Waals surface area contributed by atoms with Gasteiger partial charge >= 0.3 is 0 Å². The van der Waals surface area contributed by atoms with E-state index in [0.29, 0.717) is 40.5 Å². The van der Waals surface area contributed by atoms with E-state index in [4.69, 9.17) is 30.1 Å². The quantitative estimate of drug-likeness (QED) is 0.0599. The van der Waals surface area contributed by atoms with Crippen molar-refractivity contribution in [1.29, 1.82) is 16.2 Å². The minimum Gasteiger partial charge on any atom is -0.487 e. The van der Waals surface area contributed by atoms with E-state index in [1.807, 2.05) is 13.1 Å². The second kappa shape index (κ2) is 18.4. The Labute approximate surface area is 297 Å². The second-order valence-corrected chi connectivity index (χ2v) is 12.2. The molecule has 1 atom stereocenters. The molecule has 0 amide bonds. The zero-order valence-corrected chi connectivity index (χ0v) is 29.2. The van der Waals surface area contributed by atoms with Crippen molar-refractivity contribution < 1.29 is 19.6 Å². The summed E-state index contributed by atoms with van der Waals surface area (Å²) in [7, 11) is 3.52. The molecule has 3 heterocycles. The van der Waals surface area contributed by atoms with Crippen molar-refractivity contribution in [2.45, 2.75) is 51.4 Å². The van der Waals surface area contributed by atoms with E-state index >= 15 is 0 Å². The van der Waals surface area contributed by atoms with Crippen LogP contribution in [0.2, 0.25) is 0 Å². The molecule has 1 saturated heterocycles. The van der Waals surface area contributed by atoms with E-state index in [2.05, 4.69) is 47.1 Å². The predicted molar refractivity (Wildman–Crippen MR) is 190 cm³/mol.